The fourth-order valence-electron chi connectivity index (χ4n) is 4.74. The summed E-state index contributed by atoms with van der Waals surface area (Å²) in [4.78, 5) is 0. The van der Waals surface area contributed by atoms with Gasteiger partial charge in [-0.2, -0.15) is 0 Å². The van der Waals surface area contributed by atoms with E-state index in [1.165, 1.54) is 6.42 Å². The molecular formula is C15H28BNO2. The summed E-state index contributed by atoms with van der Waals surface area (Å²) in [5, 5.41) is 0. The molecule has 1 aliphatic heterocycles. The SMILES string of the molecule is CC(C)C[C@@H](N)B1OC2CC3CC(C3(C)C)[C@]2(C)O1. The van der Waals surface area contributed by atoms with Crippen molar-refractivity contribution >= 4 is 7.12 Å². The summed E-state index contributed by atoms with van der Waals surface area (Å²) in [5.74, 6) is 2.02. The molecule has 19 heavy (non-hydrogen) atoms. The molecule has 2 bridgehead atoms. The van der Waals surface area contributed by atoms with Gasteiger partial charge in [-0.25, -0.2) is 0 Å². The molecule has 0 spiro atoms. The lowest BCUT2D eigenvalue weighted by Crippen LogP contribution is -2.65. The molecule has 3 nitrogen and oxygen atoms in total. The maximum Gasteiger partial charge on any atom is 0.475 e. The van der Waals surface area contributed by atoms with Crippen LogP contribution in [-0.4, -0.2) is 24.8 Å². The zero-order chi connectivity index (χ0) is 14.0. The average Bonchev–Trinajstić information content (AvgIpc) is 2.64. The second-order valence-corrected chi connectivity index (χ2v) is 8.13. The lowest BCUT2D eigenvalue weighted by Gasteiger charge is -2.64. The molecule has 0 aromatic carbocycles. The van der Waals surface area contributed by atoms with Crippen molar-refractivity contribution in [1.82, 2.24) is 0 Å². The van der Waals surface area contributed by atoms with E-state index in [-0.39, 0.29) is 24.8 Å². The highest BCUT2D eigenvalue weighted by molar-refractivity contribution is 6.47. The Morgan fingerprint density at radius 1 is 1.26 bits per heavy atom. The van der Waals surface area contributed by atoms with Gasteiger partial charge in [-0.3, -0.25) is 0 Å². The highest BCUT2D eigenvalue weighted by Crippen LogP contribution is 2.65. The van der Waals surface area contributed by atoms with Crippen LogP contribution >= 0.6 is 0 Å². The summed E-state index contributed by atoms with van der Waals surface area (Å²) in [6.07, 6.45) is 3.67. The van der Waals surface area contributed by atoms with Gasteiger partial charge in [0.1, 0.15) is 0 Å². The number of hydrogen-bond donors (Lipinski definition) is 1. The van der Waals surface area contributed by atoms with Crippen LogP contribution in [0, 0.1) is 23.2 Å². The Bertz CT molecular complexity index is 373. The highest BCUT2D eigenvalue weighted by atomic mass is 16.7. The third-order valence-electron chi connectivity index (χ3n) is 6.06. The molecule has 4 fully saturated rings. The monoisotopic (exact) mass is 265 g/mol. The summed E-state index contributed by atoms with van der Waals surface area (Å²) in [6.45, 7) is 11.4. The molecule has 4 aliphatic rings. The van der Waals surface area contributed by atoms with Gasteiger partial charge >= 0.3 is 7.12 Å². The van der Waals surface area contributed by atoms with Crippen molar-refractivity contribution in [1.29, 1.82) is 0 Å². The van der Waals surface area contributed by atoms with Crippen LogP contribution in [0.4, 0.5) is 0 Å². The Morgan fingerprint density at radius 3 is 2.53 bits per heavy atom. The molecule has 0 amide bonds. The van der Waals surface area contributed by atoms with Gasteiger partial charge in [0, 0.05) is 5.94 Å². The third kappa shape index (κ3) is 1.90. The fourth-order valence-corrected chi connectivity index (χ4v) is 4.74. The van der Waals surface area contributed by atoms with Crippen molar-refractivity contribution in [2.24, 2.45) is 28.9 Å². The van der Waals surface area contributed by atoms with Crippen LogP contribution in [0.5, 0.6) is 0 Å². The van der Waals surface area contributed by atoms with E-state index in [0.29, 0.717) is 17.3 Å². The first kappa shape index (κ1) is 13.9. The van der Waals surface area contributed by atoms with E-state index in [1.54, 1.807) is 0 Å². The van der Waals surface area contributed by atoms with Gasteiger partial charge in [-0.1, -0.05) is 27.7 Å². The molecule has 3 unspecified atom stereocenters. The normalized spacial score (nSPS) is 45.0. The number of hydrogen-bond acceptors (Lipinski definition) is 3. The van der Waals surface area contributed by atoms with Crippen LogP contribution in [-0.2, 0) is 9.31 Å². The van der Waals surface area contributed by atoms with Gasteiger partial charge in [-0.15, -0.1) is 0 Å². The van der Waals surface area contributed by atoms with E-state index in [2.05, 4.69) is 34.6 Å². The van der Waals surface area contributed by atoms with E-state index >= 15 is 0 Å². The van der Waals surface area contributed by atoms with Gasteiger partial charge in [0.05, 0.1) is 11.7 Å². The minimum atomic E-state index is -0.201. The molecule has 4 heteroatoms. The van der Waals surface area contributed by atoms with Crippen LogP contribution in [0.15, 0.2) is 0 Å². The Balaban J connectivity index is 1.74. The second-order valence-electron chi connectivity index (χ2n) is 8.13. The predicted molar refractivity (Wildman–Crippen MR) is 77.5 cm³/mol. The van der Waals surface area contributed by atoms with E-state index in [0.717, 1.165) is 18.8 Å². The van der Waals surface area contributed by atoms with E-state index < -0.39 is 0 Å². The Morgan fingerprint density at radius 2 is 1.95 bits per heavy atom. The van der Waals surface area contributed by atoms with Crippen LogP contribution in [0.3, 0.4) is 0 Å². The van der Waals surface area contributed by atoms with Gasteiger partial charge in [0.2, 0.25) is 0 Å². The van der Waals surface area contributed by atoms with Crippen LogP contribution < -0.4 is 5.73 Å². The largest absolute Gasteiger partial charge is 0.475 e. The lowest BCUT2D eigenvalue weighted by atomic mass is 9.43. The minimum Gasteiger partial charge on any atom is -0.404 e. The molecule has 1 saturated heterocycles. The van der Waals surface area contributed by atoms with E-state index in [9.17, 15) is 0 Å². The quantitative estimate of drug-likeness (QED) is 0.798. The molecule has 0 radical (unpaired) electrons. The fraction of sp³-hybridized carbons (Fsp3) is 1.00. The molecule has 3 aliphatic carbocycles. The number of nitrogens with two attached hydrogens (primary N) is 1. The third-order valence-corrected chi connectivity index (χ3v) is 6.06. The molecule has 0 aromatic rings. The molecule has 4 rings (SSSR count). The maximum absolute atomic E-state index is 6.35. The van der Waals surface area contributed by atoms with E-state index in [4.69, 9.17) is 15.0 Å². The first-order valence-corrected chi connectivity index (χ1v) is 7.84. The summed E-state index contributed by atoms with van der Waals surface area (Å²) >= 11 is 0. The van der Waals surface area contributed by atoms with Crippen LogP contribution in [0.1, 0.15) is 53.9 Å². The van der Waals surface area contributed by atoms with Gasteiger partial charge in [0.25, 0.3) is 0 Å². The first-order chi connectivity index (χ1) is 8.75. The highest BCUT2D eigenvalue weighted by Gasteiger charge is 2.68. The maximum atomic E-state index is 6.35. The Hall–Kier alpha value is -0.0551. The summed E-state index contributed by atoms with van der Waals surface area (Å²) in [5.41, 5.74) is 6.56. The smallest absolute Gasteiger partial charge is 0.404 e. The summed E-state index contributed by atoms with van der Waals surface area (Å²) in [7, 11) is -0.201. The van der Waals surface area contributed by atoms with Crippen molar-refractivity contribution in [2.45, 2.75) is 71.5 Å². The zero-order valence-corrected chi connectivity index (χ0v) is 13.0. The molecular weight excluding hydrogens is 237 g/mol. The van der Waals surface area contributed by atoms with E-state index in [1.807, 2.05) is 0 Å². The van der Waals surface area contributed by atoms with Gasteiger partial charge in [0.15, 0.2) is 0 Å². The zero-order valence-electron chi connectivity index (χ0n) is 13.0. The van der Waals surface area contributed by atoms with Crippen LogP contribution in [0.25, 0.3) is 0 Å². The first-order valence-electron chi connectivity index (χ1n) is 7.84. The number of rotatable bonds is 3. The standard InChI is InChI=1S/C15H28BNO2/c1-9(2)6-13(17)16-18-12-8-10-7-11(14(10,3)4)15(12,5)19-16/h9-13H,6-8,17H2,1-5H3/t10?,11?,12?,13-,15+/m1/s1. The molecule has 3 saturated carbocycles. The van der Waals surface area contributed by atoms with Crippen molar-refractivity contribution < 1.29 is 9.31 Å². The lowest BCUT2D eigenvalue weighted by molar-refractivity contribution is -0.199. The predicted octanol–water partition coefficient (Wildman–Crippen LogP) is 2.63. The molecule has 5 atom stereocenters. The summed E-state index contributed by atoms with van der Waals surface area (Å²) in [6, 6.07) is 0. The minimum absolute atomic E-state index is 0.00253. The molecule has 1 heterocycles. The van der Waals surface area contributed by atoms with Crippen molar-refractivity contribution in [3.63, 3.8) is 0 Å². The van der Waals surface area contributed by atoms with Crippen molar-refractivity contribution in [3.8, 4) is 0 Å². The van der Waals surface area contributed by atoms with Crippen molar-refractivity contribution in [3.05, 3.63) is 0 Å². The topological polar surface area (TPSA) is 44.5 Å². The van der Waals surface area contributed by atoms with Crippen molar-refractivity contribution in [2.75, 3.05) is 0 Å². The van der Waals surface area contributed by atoms with Crippen LogP contribution in [0.2, 0.25) is 0 Å². The second kappa shape index (κ2) is 4.22. The van der Waals surface area contributed by atoms with Gasteiger partial charge < -0.3 is 15.0 Å². The average molecular weight is 265 g/mol. The molecule has 0 aromatic heterocycles. The summed E-state index contributed by atoms with van der Waals surface area (Å²) < 4.78 is 12.5. The Kier molecular flexibility index (Phi) is 3.09. The molecule has 108 valence electrons. The van der Waals surface area contributed by atoms with Gasteiger partial charge in [-0.05, 0) is 49.4 Å². The molecule has 2 N–H and O–H groups in total. The Labute approximate surface area is 117 Å².